The number of halogens is 1. The average molecular weight is 244 g/mol. The van der Waals surface area contributed by atoms with Gasteiger partial charge in [-0.05, 0) is 24.6 Å². The van der Waals surface area contributed by atoms with E-state index in [9.17, 15) is 12.8 Å². The molecule has 0 saturated carbocycles. The Hall–Kier alpha value is -1.40. The summed E-state index contributed by atoms with van der Waals surface area (Å²) in [6.07, 6.45) is 1.42. The van der Waals surface area contributed by atoms with Crippen molar-refractivity contribution in [2.45, 2.75) is 11.8 Å². The minimum absolute atomic E-state index is 0.0201. The van der Waals surface area contributed by atoms with Gasteiger partial charge in [0.15, 0.2) is 0 Å². The Balaban J connectivity index is 3.23. The highest BCUT2D eigenvalue weighted by Crippen LogP contribution is 2.21. The number of hydrogen-bond acceptors (Lipinski definition) is 3. The van der Waals surface area contributed by atoms with E-state index in [0.717, 1.165) is 12.1 Å². The van der Waals surface area contributed by atoms with Crippen LogP contribution >= 0.6 is 0 Å². The molecule has 6 heteroatoms. The van der Waals surface area contributed by atoms with Crippen LogP contribution < -0.4 is 10.5 Å². The smallest absolute Gasteiger partial charge is 0.241 e. The van der Waals surface area contributed by atoms with Crippen molar-refractivity contribution in [2.24, 2.45) is 0 Å². The molecule has 0 bridgehead atoms. The summed E-state index contributed by atoms with van der Waals surface area (Å²) in [6.45, 7) is 5.02. The summed E-state index contributed by atoms with van der Waals surface area (Å²) in [5, 5.41) is 0. The monoisotopic (exact) mass is 244 g/mol. The molecule has 0 radical (unpaired) electrons. The highest BCUT2D eigenvalue weighted by Gasteiger charge is 2.17. The maximum absolute atomic E-state index is 13.0. The van der Waals surface area contributed by atoms with Crippen molar-refractivity contribution in [1.82, 2.24) is 4.72 Å². The molecule has 1 aromatic carbocycles. The lowest BCUT2D eigenvalue weighted by Gasteiger charge is -2.09. The third kappa shape index (κ3) is 2.59. The zero-order valence-electron chi connectivity index (χ0n) is 8.83. The first kappa shape index (κ1) is 12.7. The van der Waals surface area contributed by atoms with Crippen molar-refractivity contribution in [3.05, 3.63) is 36.2 Å². The van der Waals surface area contributed by atoms with Crippen LogP contribution in [0.4, 0.5) is 10.1 Å². The molecule has 0 aromatic heterocycles. The van der Waals surface area contributed by atoms with Gasteiger partial charge in [0.1, 0.15) is 5.82 Å². The minimum atomic E-state index is -3.66. The SMILES string of the molecule is C=CCNS(=O)(=O)c1cc(N)c(F)cc1C. The van der Waals surface area contributed by atoms with E-state index in [1.54, 1.807) is 0 Å². The first-order valence-corrected chi connectivity index (χ1v) is 6.03. The predicted octanol–water partition coefficient (Wildman–Crippen LogP) is 1.18. The van der Waals surface area contributed by atoms with Crippen molar-refractivity contribution in [3.63, 3.8) is 0 Å². The fourth-order valence-corrected chi connectivity index (χ4v) is 2.46. The Bertz CT molecular complexity index is 512. The van der Waals surface area contributed by atoms with Gasteiger partial charge >= 0.3 is 0 Å². The van der Waals surface area contributed by atoms with E-state index in [-0.39, 0.29) is 17.1 Å². The van der Waals surface area contributed by atoms with Gasteiger partial charge in [-0.25, -0.2) is 17.5 Å². The Kier molecular flexibility index (Phi) is 3.66. The second-order valence-electron chi connectivity index (χ2n) is 3.28. The van der Waals surface area contributed by atoms with Crippen LogP contribution in [0.15, 0.2) is 29.7 Å². The first-order valence-electron chi connectivity index (χ1n) is 4.54. The van der Waals surface area contributed by atoms with E-state index in [2.05, 4.69) is 11.3 Å². The van der Waals surface area contributed by atoms with Crippen LogP contribution in [0, 0.1) is 12.7 Å². The molecule has 0 spiro atoms. The van der Waals surface area contributed by atoms with E-state index in [4.69, 9.17) is 5.73 Å². The van der Waals surface area contributed by atoms with Crippen molar-refractivity contribution >= 4 is 15.7 Å². The van der Waals surface area contributed by atoms with Crippen LogP contribution in [0.1, 0.15) is 5.56 Å². The van der Waals surface area contributed by atoms with Crippen LogP contribution in [0.3, 0.4) is 0 Å². The molecule has 1 rings (SSSR count). The molecule has 0 amide bonds. The topological polar surface area (TPSA) is 72.2 Å². The van der Waals surface area contributed by atoms with Gasteiger partial charge in [-0.1, -0.05) is 6.08 Å². The van der Waals surface area contributed by atoms with Crippen LogP contribution in [0.2, 0.25) is 0 Å². The van der Waals surface area contributed by atoms with Gasteiger partial charge in [0.25, 0.3) is 0 Å². The second-order valence-corrected chi connectivity index (χ2v) is 5.02. The summed E-state index contributed by atoms with van der Waals surface area (Å²) in [5.74, 6) is -0.625. The number of nitrogen functional groups attached to an aromatic ring is 1. The first-order chi connectivity index (χ1) is 7.38. The summed E-state index contributed by atoms with van der Waals surface area (Å²) in [5.41, 5.74) is 5.45. The molecule has 4 nitrogen and oxygen atoms in total. The lowest BCUT2D eigenvalue weighted by atomic mass is 10.2. The number of rotatable bonds is 4. The molecule has 88 valence electrons. The highest BCUT2D eigenvalue weighted by atomic mass is 32.2. The molecule has 3 N–H and O–H groups in total. The summed E-state index contributed by atoms with van der Waals surface area (Å²) < 4.78 is 38.8. The van der Waals surface area contributed by atoms with Crippen molar-refractivity contribution < 1.29 is 12.8 Å². The molecule has 0 saturated heterocycles. The number of aryl methyl sites for hydroxylation is 1. The summed E-state index contributed by atoms with van der Waals surface area (Å²) in [7, 11) is -3.66. The van der Waals surface area contributed by atoms with Crippen LogP contribution in [-0.4, -0.2) is 15.0 Å². The largest absolute Gasteiger partial charge is 0.396 e. The van der Waals surface area contributed by atoms with E-state index in [0.29, 0.717) is 5.56 Å². The Morgan fingerprint density at radius 3 is 2.75 bits per heavy atom. The predicted molar refractivity (Wildman–Crippen MR) is 60.9 cm³/mol. The zero-order valence-corrected chi connectivity index (χ0v) is 9.64. The van der Waals surface area contributed by atoms with Gasteiger partial charge < -0.3 is 5.73 Å². The Morgan fingerprint density at radius 1 is 1.56 bits per heavy atom. The van der Waals surface area contributed by atoms with Gasteiger partial charge in [-0.15, -0.1) is 6.58 Å². The summed E-state index contributed by atoms with van der Waals surface area (Å²) in [4.78, 5) is -0.0201. The highest BCUT2D eigenvalue weighted by molar-refractivity contribution is 7.89. The molecule has 16 heavy (non-hydrogen) atoms. The molecule has 0 atom stereocenters. The third-order valence-corrected chi connectivity index (χ3v) is 3.57. The van der Waals surface area contributed by atoms with E-state index in [1.807, 2.05) is 0 Å². The van der Waals surface area contributed by atoms with Crippen LogP contribution in [-0.2, 0) is 10.0 Å². The number of anilines is 1. The summed E-state index contributed by atoms with van der Waals surface area (Å²) in [6, 6.07) is 2.20. The molecule has 0 unspecified atom stereocenters. The van der Waals surface area contributed by atoms with Gasteiger partial charge in [-0.2, -0.15) is 0 Å². The molecule has 0 aliphatic rings. The lowest BCUT2D eigenvalue weighted by Crippen LogP contribution is -2.24. The fourth-order valence-electron chi connectivity index (χ4n) is 1.20. The van der Waals surface area contributed by atoms with Gasteiger partial charge in [-0.3, -0.25) is 0 Å². The van der Waals surface area contributed by atoms with Crippen molar-refractivity contribution in [3.8, 4) is 0 Å². The molecular formula is C10H13FN2O2S. The Labute approximate surface area is 94.0 Å². The van der Waals surface area contributed by atoms with Gasteiger partial charge in [0.2, 0.25) is 10.0 Å². The minimum Gasteiger partial charge on any atom is -0.396 e. The van der Waals surface area contributed by atoms with Crippen molar-refractivity contribution in [2.75, 3.05) is 12.3 Å². The number of nitrogens with one attached hydrogen (secondary N) is 1. The second kappa shape index (κ2) is 4.63. The van der Waals surface area contributed by atoms with Crippen molar-refractivity contribution in [1.29, 1.82) is 0 Å². The van der Waals surface area contributed by atoms with E-state index in [1.165, 1.54) is 13.0 Å². The number of sulfonamides is 1. The third-order valence-electron chi connectivity index (χ3n) is 2.00. The van der Waals surface area contributed by atoms with Gasteiger partial charge in [0.05, 0.1) is 10.6 Å². The average Bonchev–Trinajstić information content (AvgIpc) is 2.20. The zero-order chi connectivity index (χ0) is 12.3. The maximum atomic E-state index is 13.0. The molecule has 0 aliphatic heterocycles. The number of hydrogen-bond donors (Lipinski definition) is 2. The molecule has 1 aromatic rings. The molecule has 0 fully saturated rings. The summed E-state index contributed by atoms with van der Waals surface area (Å²) >= 11 is 0. The van der Waals surface area contributed by atoms with Crippen LogP contribution in [0.5, 0.6) is 0 Å². The maximum Gasteiger partial charge on any atom is 0.241 e. The van der Waals surface area contributed by atoms with E-state index >= 15 is 0 Å². The van der Waals surface area contributed by atoms with Gasteiger partial charge in [0, 0.05) is 6.54 Å². The van der Waals surface area contributed by atoms with E-state index < -0.39 is 15.8 Å². The fraction of sp³-hybridized carbons (Fsp3) is 0.200. The standard InChI is InChI=1S/C10H13FN2O2S/c1-3-4-13-16(14,15)10-6-9(12)8(11)5-7(10)2/h3,5-6,13H,1,4,12H2,2H3. The van der Waals surface area contributed by atoms with Crippen LogP contribution in [0.25, 0.3) is 0 Å². The molecule has 0 aliphatic carbocycles. The normalized spacial score (nSPS) is 11.4. The number of benzene rings is 1. The quantitative estimate of drug-likeness (QED) is 0.617. The molecule has 0 heterocycles. The Morgan fingerprint density at radius 2 is 2.19 bits per heavy atom. The molecular weight excluding hydrogens is 231 g/mol. The number of nitrogens with two attached hydrogens (primary N) is 1. The lowest BCUT2D eigenvalue weighted by molar-refractivity contribution is 0.584.